The zero-order valence-electron chi connectivity index (χ0n) is 12.1. The molecule has 0 aromatic rings. The molecule has 4 heteroatoms. The van der Waals surface area contributed by atoms with Crippen LogP contribution in [0.25, 0.3) is 0 Å². The summed E-state index contributed by atoms with van der Waals surface area (Å²) in [6.45, 7) is 8.61. The zero-order chi connectivity index (χ0) is 11.5. The van der Waals surface area contributed by atoms with Crippen molar-refractivity contribution in [2.24, 2.45) is 0 Å². The van der Waals surface area contributed by atoms with Crippen LogP contribution in [0, 0.1) is 0 Å². The van der Waals surface area contributed by atoms with Crippen LogP contribution in [0.5, 0.6) is 0 Å². The van der Waals surface area contributed by atoms with Crippen LogP contribution < -0.4 is 48.0 Å². The van der Waals surface area contributed by atoms with E-state index in [4.69, 9.17) is 0 Å². The van der Waals surface area contributed by atoms with E-state index in [0.29, 0.717) is 0 Å². The smallest absolute Gasteiger partial charge is 0.0786 e. The Hall–Kier alpha value is 1.38. The molecule has 2 aliphatic heterocycles. The zero-order valence-corrected chi connectivity index (χ0v) is 16.5. The maximum absolute atomic E-state index is 2.46. The van der Waals surface area contributed by atoms with Gasteiger partial charge in [-0.3, -0.25) is 0 Å². The van der Waals surface area contributed by atoms with Crippen LogP contribution >= 0.6 is 0 Å². The average molecular weight is 480 g/mol. The van der Waals surface area contributed by atoms with Gasteiger partial charge < -0.3 is 56.9 Å². The summed E-state index contributed by atoms with van der Waals surface area (Å²) in [5, 5.41) is 0. The molecule has 110 valence electrons. The van der Waals surface area contributed by atoms with Crippen molar-refractivity contribution in [2.45, 2.75) is 38.5 Å². The molecule has 2 nitrogen and oxygen atoms in total. The molecule has 0 radical (unpaired) electrons. The third-order valence-electron chi connectivity index (χ3n) is 4.94. The van der Waals surface area contributed by atoms with Gasteiger partial charge in [-0.25, -0.2) is 0 Å². The number of quaternary nitrogens is 2. The normalized spacial score (nSPS) is 24.3. The molecule has 0 N–H and O–H groups in total. The highest BCUT2D eigenvalue weighted by Gasteiger charge is 2.28. The minimum Gasteiger partial charge on any atom is -1.00 e. The quantitative estimate of drug-likeness (QED) is 0.216. The Morgan fingerprint density at radius 3 is 1.17 bits per heavy atom. The van der Waals surface area contributed by atoms with E-state index in [0.717, 1.165) is 0 Å². The van der Waals surface area contributed by atoms with Gasteiger partial charge in [-0.2, -0.15) is 0 Å². The first-order valence-corrected chi connectivity index (χ1v) is 7.29. The highest BCUT2D eigenvalue weighted by molar-refractivity contribution is 4.54. The SMILES string of the molecule is C[N+]1(CCCC[N+]2(C)CCCC2)CCCC1.[I-].[I-]. The van der Waals surface area contributed by atoms with Crippen LogP contribution in [-0.4, -0.2) is 62.3 Å². The maximum Gasteiger partial charge on any atom is 0.0786 e. The Balaban J connectivity index is 0.00000144. The van der Waals surface area contributed by atoms with Gasteiger partial charge in [0.15, 0.2) is 0 Å². The summed E-state index contributed by atoms with van der Waals surface area (Å²) in [7, 11) is 4.91. The van der Waals surface area contributed by atoms with E-state index < -0.39 is 0 Å². The molecule has 0 bridgehead atoms. The monoisotopic (exact) mass is 480 g/mol. The van der Waals surface area contributed by atoms with Crippen LogP contribution in [0.15, 0.2) is 0 Å². The highest BCUT2D eigenvalue weighted by atomic mass is 127. The molecule has 0 unspecified atom stereocenters. The second-order valence-electron chi connectivity index (χ2n) is 6.70. The van der Waals surface area contributed by atoms with Gasteiger partial charge in [0.2, 0.25) is 0 Å². The van der Waals surface area contributed by atoms with Crippen LogP contribution in [0.1, 0.15) is 38.5 Å². The minimum atomic E-state index is 0. The third-order valence-corrected chi connectivity index (χ3v) is 4.94. The summed E-state index contributed by atoms with van der Waals surface area (Å²) in [5.41, 5.74) is 0. The van der Waals surface area contributed by atoms with Crippen LogP contribution in [0.3, 0.4) is 0 Å². The van der Waals surface area contributed by atoms with Crippen molar-refractivity contribution >= 4 is 0 Å². The minimum absolute atomic E-state index is 0. The van der Waals surface area contributed by atoms with Crippen molar-refractivity contribution in [1.82, 2.24) is 0 Å². The molecule has 2 fully saturated rings. The molecule has 2 rings (SSSR count). The fourth-order valence-corrected chi connectivity index (χ4v) is 3.63. The van der Waals surface area contributed by atoms with Gasteiger partial charge in [-0.15, -0.1) is 0 Å². The fraction of sp³-hybridized carbons (Fsp3) is 1.00. The van der Waals surface area contributed by atoms with E-state index in [1.54, 1.807) is 0 Å². The van der Waals surface area contributed by atoms with Crippen molar-refractivity contribution in [3.63, 3.8) is 0 Å². The topological polar surface area (TPSA) is 0 Å². The standard InChI is InChI=1S/C14H30N2.2HI/c1-15(9-3-4-10-15)13-7-8-14-16(2)11-5-6-12-16;;/h3-14H2,1-2H3;2*1H/q+2;;/p-2. The molecule has 2 heterocycles. The van der Waals surface area contributed by atoms with Gasteiger partial charge in [0.25, 0.3) is 0 Å². The third kappa shape index (κ3) is 5.79. The first kappa shape index (κ1) is 19.4. The molecule has 0 spiro atoms. The summed E-state index contributed by atoms with van der Waals surface area (Å²) < 4.78 is 2.73. The lowest BCUT2D eigenvalue weighted by atomic mass is 10.2. The summed E-state index contributed by atoms with van der Waals surface area (Å²) in [6, 6.07) is 0. The van der Waals surface area contributed by atoms with Crippen LogP contribution in [-0.2, 0) is 0 Å². The predicted octanol–water partition coefficient (Wildman–Crippen LogP) is -3.74. The molecular weight excluding hydrogens is 450 g/mol. The van der Waals surface area contributed by atoms with E-state index in [9.17, 15) is 0 Å². The molecule has 0 atom stereocenters. The van der Waals surface area contributed by atoms with E-state index in [2.05, 4.69) is 14.1 Å². The van der Waals surface area contributed by atoms with Crippen molar-refractivity contribution in [2.75, 3.05) is 53.4 Å². The number of unbranched alkanes of at least 4 members (excludes halogenated alkanes) is 1. The second-order valence-corrected chi connectivity index (χ2v) is 6.70. The lowest BCUT2D eigenvalue weighted by Gasteiger charge is -2.31. The van der Waals surface area contributed by atoms with Gasteiger partial charge in [0.1, 0.15) is 0 Å². The van der Waals surface area contributed by atoms with E-state index in [1.807, 2.05) is 0 Å². The summed E-state index contributed by atoms with van der Waals surface area (Å²) >= 11 is 0. The van der Waals surface area contributed by atoms with Gasteiger partial charge in [0.05, 0.1) is 53.4 Å². The van der Waals surface area contributed by atoms with Gasteiger partial charge in [-0.1, -0.05) is 0 Å². The Morgan fingerprint density at radius 2 is 0.889 bits per heavy atom. The van der Waals surface area contributed by atoms with Crippen LogP contribution in [0.4, 0.5) is 0 Å². The Morgan fingerprint density at radius 1 is 0.611 bits per heavy atom. The average Bonchev–Trinajstić information content (AvgIpc) is 2.84. The molecule has 0 aromatic carbocycles. The van der Waals surface area contributed by atoms with Crippen molar-refractivity contribution in [3.8, 4) is 0 Å². The number of hydrogen-bond acceptors (Lipinski definition) is 0. The highest BCUT2D eigenvalue weighted by Crippen LogP contribution is 2.20. The lowest BCUT2D eigenvalue weighted by Crippen LogP contribution is -3.00. The molecule has 18 heavy (non-hydrogen) atoms. The Labute approximate surface area is 148 Å². The van der Waals surface area contributed by atoms with Crippen molar-refractivity contribution in [1.29, 1.82) is 0 Å². The number of rotatable bonds is 5. The molecule has 0 amide bonds. The summed E-state index contributed by atoms with van der Waals surface area (Å²) in [6.07, 6.45) is 8.75. The van der Waals surface area contributed by atoms with Crippen molar-refractivity contribution < 1.29 is 56.9 Å². The summed E-state index contributed by atoms with van der Waals surface area (Å²) in [5.74, 6) is 0. The van der Waals surface area contributed by atoms with Crippen LogP contribution in [0.2, 0.25) is 0 Å². The fourth-order valence-electron chi connectivity index (χ4n) is 3.63. The number of halogens is 2. The Bertz CT molecular complexity index is 198. The molecule has 0 aliphatic carbocycles. The first-order valence-electron chi connectivity index (χ1n) is 7.29. The van der Waals surface area contributed by atoms with E-state index in [1.165, 1.54) is 86.8 Å². The lowest BCUT2D eigenvalue weighted by molar-refractivity contribution is -0.904. The molecule has 0 saturated carbocycles. The van der Waals surface area contributed by atoms with Crippen molar-refractivity contribution in [3.05, 3.63) is 0 Å². The van der Waals surface area contributed by atoms with Gasteiger partial charge >= 0.3 is 0 Å². The Kier molecular flexibility index (Phi) is 9.28. The predicted molar refractivity (Wildman–Crippen MR) is 69.3 cm³/mol. The maximum atomic E-state index is 2.46. The number of hydrogen-bond donors (Lipinski definition) is 0. The largest absolute Gasteiger partial charge is 1.00 e. The van der Waals surface area contributed by atoms with E-state index >= 15 is 0 Å². The van der Waals surface area contributed by atoms with Gasteiger partial charge in [0, 0.05) is 38.5 Å². The first-order chi connectivity index (χ1) is 7.62. The summed E-state index contributed by atoms with van der Waals surface area (Å²) in [4.78, 5) is 0. The molecule has 2 aliphatic rings. The second kappa shape index (κ2) is 8.62. The molecule has 2 saturated heterocycles. The van der Waals surface area contributed by atoms with Gasteiger partial charge in [-0.05, 0) is 0 Å². The number of nitrogens with zero attached hydrogens (tertiary/aromatic N) is 2. The molecule has 0 aromatic heterocycles. The van der Waals surface area contributed by atoms with E-state index in [-0.39, 0.29) is 48.0 Å². The molecular formula is C14H30I2N2. The number of likely N-dealkylation sites (tertiary alicyclic amines) is 2.